The molecule has 0 spiro atoms. The van der Waals surface area contributed by atoms with Gasteiger partial charge in [-0.15, -0.1) is 0 Å². The number of benzene rings is 3. The summed E-state index contributed by atoms with van der Waals surface area (Å²) in [5.41, 5.74) is 5.29. The quantitative estimate of drug-likeness (QED) is 0.476. The van der Waals surface area contributed by atoms with Gasteiger partial charge in [-0.05, 0) is 65.6 Å². The molecule has 0 aliphatic heterocycles. The van der Waals surface area contributed by atoms with Crippen LogP contribution in [0, 0.1) is 11.3 Å². The van der Waals surface area contributed by atoms with Gasteiger partial charge in [0.15, 0.2) is 0 Å². The Bertz CT molecular complexity index is 1220. The number of hydrogen-bond donors (Lipinski definition) is 2. The van der Waals surface area contributed by atoms with Crippen LogP contribution < -0.4 is 5.32 Å². The minimum absolute atomic E-state index is 0.111. The van der Waals surface area contributed by atoms with Gasteiger partial charge >= 0.3 is 0 Å². The van der Waals surface area contributed by atoms with Crippen LogP contribution in [0.15, 0.2) is 72.9 Å². The first-order chi connectivity index (χ1) is 14.1. The van der Waals surface area contributed by atoms with E-state index in [9.17, 15) is 4.79 Å². The van der Waals surface area contributed by atoms with Gasteiger partial charge in [0.25, 0.3) is 5.91 Å². The maximum absolute atomic E-state index is 12.5. The van der Waals surface area contributed by atoms with Crippen LogP contribution in [0.25, 0.3) is 22.0 Å². The van der Waals surface area contributed by atoms with Crippen LogP contribution in [-0.2, 0) is 6.42 Å². The first-order valence-electron chi connectivity index (χ1n) is 9.28. The van der Waals surface area contributed by atoms with Crippen molar-refractivity contribution >= 4 is 28.4 Å². The maximum Gasteiger partial charge on any atom is 0.251 e. The molecule has 0 aliphatic rings. The van der Waals surface area contributed by atoms with Crippen LogP contribution in [-0.4, -0.2) is 17.4 Å². The van der Waals surface area contributed by atoms with E-state index in [0.717, 1.165) is 27.6 Å². The van der Waals surface area contributed by atoms with E-state index < -0.39 is 0 Å². The van der Waals surface area contributed by atoms with Gasteiger partial charge in [0, 0.05) is 34.2 Å². The van der Waals surface area contributed by atoms with E-state index in [1.54, 1.807) is 18.2 Å². The molecule has 1 amide bonds. The number of aromatic amines is 1. The monoisotopic (exact) mass is 399 g/mol. The predicted octanol–water partition coefficient (Wildman–Crippen LogP) is 5.33. The summed E-state index contributed by atoms with van der Waals surface area (Å²) in [6.07, 6.45) is 2.67. The highest BCUT2D eigenvalue weighted by molar-refractivity contribution is 6.31. The third kappa shape index (κ3) is 4.16. The number of nitrogens with zero attached hydrogens (tertiary/aromatic N) is 1. The lowest BCUT2D eigenvalue weighted by atomic mass is 10.0. The van der Waals surface area contributed by atoms with Crippen molar-refractivity contribution in [2.45, 2.75) is 6.42 Å². The number of amides is 1. The summed E-state index contributed by atoms with van der Waals surface area (Å²) in [6.45, 7) is 0.532. The number of rotatable bonds is 5. The first-order valence-corrected chi connectivity index (χ1v) is 9.66. The van der Waals surface area contributed by atoms with Crippen molar-refractivity contribution < 1.29 is 4.79 Å². The van der Waals surface area contributed by atoms with Crippen LogP contribution in [0.2, 0.25) is 5.02 Å². The fraction of sp³-hybridized carbons (Fsp3) is 0.0833. The molecule has 4 rings (SSSR count). The zero-order valence-electron chi connectivity index (χ0n) is 15.6. The molecule has 4 nitrogen and oxygen atoms in total. The Morgan fingerprint density at radius 1 is 1.03 bits per heavy atom. The molecule has 0 aliphatic carbocycles. The Balaban J connectivity index is 1.39. The highest BCUT2D eigenvalue weighted by Gasteiger charge is 2.08. The SMILES string of the molecule is N#Cc1cccc(-c2ccc(C(=O)NCCc3c[nH]c4ccc(Cl)cc34)cc2)c1. The Labute approximate surface area is 173 Å². The summed E-state index contributed by atoms with van der Waals surface area (Å²) < 4.78 is 0. The van der Waals surface area contributed by atoms with E-state index in [-0.39, 0.29) is 5.91 Å². The number of nitrogens with one attached hydrogen (secondary N) is 2. The predicted molar refractivity (Wildman–Crippen MR) is 116 cm³/mol. The second kappa shape index (κ2) is 8.22. The van der Waals surface area contributed by atoms with E-state index in [1.165, 1.54) is 0 Å². The van der Waals surface area contributed by atoms with E-state index >= 15 is 0 Å². The Morgan fingerprint density at radius 2 is 1.86 bits per heavy atom. The fourth-order valence-corrected chi connectivity index (χ4v) is 3.52. The van der Waals surface area contributed by atoms with Gasteiger partial charge < -0.3 is 10.3 Å². The van der Waals surface area contributed by atoms with Gasteiger partial charge in [-0.2, -0.15) is 5.26 Å². The van der Waals surface area contributed by atoms with Crippen molar-refractivity contribution in [3.8, 4) is 17.2 Å². The lowest BCUT2D eigenvalue weighted by molar-refractivity contribution is 0.0954. The number of nitriles is 1. The standard InChI is InChI=1S/C24H18ClN3O/c25-21-8-9-23-22(13-21)20(15-28-23)10-11-27-24(29)18-6-4-17(5-7-18)19-3-1-2-16(12-19)14-26/h1-9,12-13,15,28H,10-11H2,(H,27,29). The molecule has 142 valence electrons. The molecule has 2 N–H and O–H groups in total. The zero-order chi connectivity index (χ0) is 20.2. The van der Waals surface area contributed by atoms with Crippen molar-refractivity contribution in [2.75, 3.05) is 6.54 Å². The van der Waals surface area contributed by atoms with Crippen molar-refractivity contribution in [1.82, 2.24) is 10.3 Å². The first kappa shape index (κ1) is 18.8. The normalized spacial score (nSPS) is 10.6. The minimum atomic E-state index is -0.111. The Morgan fingerprint density at radius 3 is 2.66 bits per heavy atom. The van der Waals surface area contributed by atoms with Crippen molar-refractivity contribution in [1.29, 1.82) is 5.26 Å². The van der Waals surface area contributed by atoms with Gasteiger partial charge in [0.2, 0.25) is 0 Å². The molecular formula is C24H18ClN3O. The second-order valence-corrected chi connectivity index (χ2v) is 7.22. The van der Waals surface area contributed by atoms with Crippen molar-refractivity contribution in [3.05, 3.63) is 94.6 Å². The summed E-state index contributed by atoms with van der Waals surface area (Å²) in [4.78, 5) is 15.7. The maximum atomic E-state index is 12.5. The van der Waals surface area contributed by atoms with Crippen molar-refractivity contribution in [3.63, 3.8) is 0 Å². The summed E-state index contributed by atoms with van der Waals surface area (Å²) in [7, 11) is 0. The molecular weight excluding hydrogens is 382 g/mol. The molecule has 4 aromatic rings. The summed E-state index contributed by atoms with van der Waals surface area (Å²) in [5, 5.41) is 13.8. The summed E-state index contributed by atoms with van der Waals surface area (Å²) >= 11 is 6.09. The van der Waals surface area contributed by atoms with Gasteiger partial charge in [-0.3, -0.25) is 4.79 Å². The van der Waals surface area contributed by atoms with Gasteiger partial charge in [-0.25, -0.2) is 0 Å². The third-order valence-corrected chi connectivity index (χ3v) is 5.12. The molecule has 0 saturated carbocycles. The number of carbonyl (C=O) groups excluding carboxylic acids is 1. The van der Waals surface area contributed by atoms with E-state index in [2.05, 4.69) is 16.4 Å². The number of hydrogen-bond acceptors (Lipinski definition) is 2. The number of aromatic nitrogens is 1. The number of carbonyl (C=O) groups is 1. The Hall–Kier alpha value is -3.55. The van der Waals surface area contributed by atoms with E-state index in [1.807, 2.05) is 54.7 Å². The second-order valence-electron chi connectivity index (χ2n) is 6.78. The van der Waals surface area contributed by atoms with Gasteiger partial charge in [0.05, 0.1) is 11.6 Å². The lowest BCUT2D eigenvalue weighted by Gasteiger charge is -2.07. The molecule has 5 heteroatoms. The number of fused-ring (bicyclic) bond motifs is 1. The number of halogens is 1. The molecule has 29 heavy (non-hydrogen) atoms. The minimum Gasteiger partial charge on any atom is -0.361 e. The average Bonchev–Trinajstić information content (AvgIpc) is 3.16. The van der Waals surface area contributed by atoms with Crippen LogP contribution in [0.4, 0.5) is 0 Å². The molecule has 1 aromatic heterocycles. The van der Waals surface area contributed by atoms with Gasteiger partial charge in [-0.1, -0.05) is 35.9 Å². The van der Waals surface area contributed by atoms with Crippen LogP contribution in [0.3, 0.4) is 0 Å². The van der Waals surface area contributed by atoms with Crippen LogP contribution >= 0.6 is 11.6 Å². The van der Waals surface area contributed by atoms with E-state index in [4.69, 9.17) is 16.9 Å². The molecule has 3 aromatic carbocycles. The van der Waals surface area contributed by atoms with Crippen molar-refractivity contribution in [2.24, 2.45) is 0 Å². The van der Waals surface area contributed by atoms with Crippen LogP contribution in [0.1, 0.15) is 21.5 Å². The van der Waals surface area contributed by atoms with Gasteiger partial charge in [0.1, 0.15) is 0 Å². The summed E-state index contributed by atoms with van der Waals surface area (Å²) in [6, 6.07) is 22.7. The third-order valence-electron chi connectivity index (χ3n) is 4.88. The van der Waals surface area contributed by atoms with E-state index in [0.29, 0.717) is 29.1 Å². The fourth-order valence-electron chi connectivity index (χ4n) is 3.35. The van der Waals surface area contributed by atoms with Crippen LogP contribution in [0.5, 0.6) is 0 Å². The summed E-state index contributed by atoms with van der Waals surface area (Å²) in [5.74, 6) is -0.111. The zero-order valence-corrected chi connectivity index (χ0v) is 16.3. The highest BCUT2D eigenvalue weighted by Crippen LogP contribution is 2.23. The molecule has 0 saturated heterocycles. The molecule has 0 bridgehead atoms. The smallest absolute Gasteiger partial charge is 0.251 e. The molecule has 0 unspecified atom stereocenters. The topological polar surface area (TPSA) is 68.7 Å². The molecule has 1 heterocycles. The highest BCUT2D eigenvalue weighted by atomic mass is 35.5. The lowest BCUT2D eigenvalue weighted by Crippen LogP contribution is -2.25. The largest absolute Gasteiger partial charge is 0.361 e. The number of H-pyrrole nitrogens is 1. The average molecular weight is 400 g/mol. The Kier molecular flexibility index (Phi) is 5.33. The molecule has 0 radical (unpaired) electrons. The molecule has 0 atom stereocenters. The molecule has 0 fully saturated rings.